The first-order valence-corrected chi connectivity index (χ1v) is 11.3. The van der Waals surface area contributed by atoms with E-state index >= 15 is 0 Å². The summed E-state index contributed by atoms with van der Waals surface area (Å²) in [5.41, 5.74) is 3.03. The minimum Gasteiger partial charge on any atom is -0.328 e. The Hall–Kier alpha value is -3.64. The standard InChI is InChI=1S/C23H21N7OS/c1-28-18-5-3-4-6-19(18)29(2)22(28)17(13-24)20(31)14-32-23-27-26-21(30(23)16-7-8-16)15-9-11-25-12-10-15/h3-6,9-12,16H,7-8,14H2,1-2H3. The summed E-state index contributed by atoms with van der Waals surface area (Å²) in [7, 11) is 3.75. The number of thioether (sulfide) groups is 1. The van der Waals surface area contributed by atoms with Gasteiger partial charge in [-0.15, -0.1) is 10.2 Å². The zero-order valence-corrected chi connectivity index (χ0v) is 18.6. The first kappa shape index (κ1) is 20.3. The average Bonchev–Trinajstić information content (AvgIpc) is 3.53. The van der Waals surface area contributed by atoms with Crippen LogP contribution < -0.4 is 9.80 Å². The third-order valence-electron chi connectivity index (χ3n) is 5.70. The SMILES string of the molecule is CN1C(=C(C#N)C(=O)CSc2nnc(-c3ccncc3)n2C2CC2)N(C)c2ccccc21. The van der Waals surface area contributed by atoms with Gasteiger partial charge in [-0.3, -0.25) is 14.3 Å². The maximum Gasteiger partial charge on any atom is 0.192 e. The topological polar surface area (TPSA) is 90.9 Å². The van der Waals surface area contributed by atoms with Gasteiger partial charge in [0.25, 0.3) is 0 Å². The molecule has 2 aromatic heterocycles. The van der Waals surface area contributed by atoms with E-state index in [1.807, 2.05) is 60.3 Å². The Balaban J connectivity index is 1.40. The lowest BCUT2D eigenvalue weighted by Crippen LogP contribution is -2.26. The first-order valence-electron chi connectivity index (χ1n) is 10.3. The number of anilines is 2. The number of carbonyl (C=O) groups excluding carboxylic acids is 1. The van der Waals surface area contributed by atoms with Gasteiger partial charge < -0.3 is 9.80 Å². The molecule has 1 aromatic carbocycles. The first-order chi connectivity index (χ1) is 15.6. The number of nitrogens with zero attached hydrogens (tertiary/aromatic N) is 7. The van der Waals surface area contributed by atoms with Gasteiger partial charge in [-0.2, -0.15) is 5.26 Å². The van der Waals surface area contributed by atoms with Gasteiger partial charge in [0.2, 0.25) is 0 Å². The number of para-hydroxylation sites is 2. The van der Waals surface area contributed by atoms with Gasteiger partial charge >= 0.3 is 0 Å². The molecule has 3 heterocycles. The van der Waals surface area contributed by atoms with Crippen molar-refractivity contribution >= 4 is 28.9 Å². The van der Waals surface area contributed by atoms with Crippen LogP contribution in [0.5, 0.6) is 0 Å². The summed E-state index contributed by atoms with van der Waals surface area (Å²) in [6.45, 7) is 0. The minimum absolute atomic E-state index is 0.117. The Morgan fingerprint density at radius 3 is 2.34 bits per heavy atom. The van der Waals surface area contributed by atoms with Gasteiger partial charge in [-0.05, 0) is 37.1 Å². The molecule has 0 spiro atoms. The molecule has 1 aliphatic carbocycles. The largest absolute Gasteiger partial charge is 0.328 e. The van der Waals surface area contributed by atoms with E-state index in [4.69, 9.17) is 0 Å². The van der Waals surface area contributed by atoms with Crippen LogP contribution in [0.1, 0.15) is 18.9 Å². The summed E-state index contributed by atoms with van der Waals surface area (Å²) in [6, 6.07) is 14.1. The second-order valence-corrected chi connectivity index (χ2v) is 8.71. The summed E-state index contributed by atoms with van der Waals surface area (Å²) in [6.07, 6.45) is 5.60. The summed E-state index contributed by atoms with van der Waals surface area (Å²) < 4.78 is 2.11. The Kier molecular flexibility index (Phi) is 5.15. The van der Waals surface area contributed by atoms with Gasteiger partial charge in [0.15, 0.2) is 16.8 Å². The predicted molar refractivity (Wildman–Crippen MR) is 123 cm³/mol. The molecule has 160 valence electrons. The van der Waals surface area contributed by atoms with Crippen molar-refractivity contribution in [1.29, 1.82) is 5.26 Å². The summed E-state index contributed by atoms with van der Waals surface area (Å²) in [5, 5.41) is 19.3. The minimum atomic E-state index is -0.227. The Morgan fingerprint density at radius 2 is 1.75 bits per heavy atom. The number of fused-ring (bicyclic) bond motifs is 1. The molecule has 0 bridgehead atoms. The second kappa shape index (κ2) is 8.13. The van der Waals surface area contributed by atoms with Crippen molar-refractivity contribution in [3.8, 4) is 17.5 Å². The predicted octanol–water partition coefficient (Wildman–Crippen LogP) is 3.66. The number of allylic oxidation sites excluding steroid dienone is 1. The molecule has 1 fully saturated rings. The number of nitriles is 1. The number of benzene rings is 1. The van der Waals surface area contributed by atoms with E-state index in [-0.39, 0.29) is 17.1 Å². The summed E-state index contributed by atoms with van der Waals surface area (Å²) in [4.78, 5) is 21.0. The zero-order chi connectivity index (χ0) is 22.2. The van der Waals surface area contributed by atoms with Gasteiger partial charge in [0.05, 0.1) is 17.1 Å². The molecule has 0 atom stereocenters. The number of ketones is 1. The molecule has 5 rings (SSSR count). The Labute approximate surface area is 190 Å². The fraction of sp³-hybridized carbons (Fsp3) is 0.261. The Bertz CT molecular complexity index is 1230. The molecule has 9 heteroatoms. The van der Waals surface area contributed by atoms with Crippen LogP contribution in [0.2, 0.25) is 0 Å². The van der Waals surface area contributed by atoms with E-state index in [1.165, 1.54) is 11.8 Å². The van der Waals surface area contributed by atoms with Gasteiger partial charge in [0, 0.05) is 38.1 Å². The lowest BCUT2D eigenvalue weighted by Gasteiger charge is -2.19. The monoisotopic (exact) mass is 443 g/mol. The summed E-state index contributed by atoms with van der Waals surface area (Å²) >= 11 is 1.33. The van der Waals surface area contributed by atoms with Crippen molar-refractivity contribution in [2.24, 2.45) is 0 Å². The molecule has 32 heavy (non-hydrogen) atoms. The average molecular weight is 444 g/mol. The maximum atomic E-state index is 13.1. The van der Waals surface area contributed by atoms with E-state index in [0.29, 0.717) is 17.0 Å². The highest BCUT2D eigenvalue weighted by Crippen LogP contribution is 2.42. The highest BCUT2D eigenvalue weighted by Gasteiger charge is 2.33. The molecule has 8 nitrogen and oxygen atoms in total. The number of rotatable bonds is 6. The smallest absolute Gasteiger partial charge is 0.192 e. The number of pyridine rings is 1. The van der Waals surface area contributed by atoms with Crippen LogP contribution in [0.3, 0.4) is 0 Å². The van der Waals surface area contributed by atoms with E-state index in [0.717, 1.165) is 35.6 Å². The molecule has 0 amide bonds. The van der Waals surface area contributed by atoms with Crippen molar-refractivity contribution in [3.05, 3.63) is 60.2 Å². The fourth-order valence-electron chi connectivity index (χ4n) is 3.99. The van der Waals surface area contributed by atoms with Crippen LogP contribution in [-0.4, -0.2) is 45.4 Å². The van der Waals surface area contributed by atoms with E-state index < -0.39 is 0 Å². The molecule has 1 saturated carbocycles. The van der Waals surface area contributed by atoms with Crippen molar-refractivity contribution in [3.63, 3.8) is 0 Å². The van der Waals surface area contributed by atoms with Crippen molar-refractivity contribution in [1.82, 2.24) is 19.7 Å². The maximum absolute atomic E-state index is 13.1. The molecule has 2 aliphatic rings. The fourth-order valence-corrected chi connectivity index (χ4v) is 4.87. The highest BCUT2D eigenvalue weighted by atomic mass is 32.2. The molecule has 3 aromatic rings. The van der Waals surface area contributed by atoms with Gasteiger partial charge in [-0.25, -0.2) is 0 Å². The van der Waals surface area contributed by atoms with Gasteiger partial charge in [0.1, 0.15) is 17.5 Å². The van der Waals surface area contributed by atoms with Crippen LogP contribution >= 0.6 is 11.8 Å². The third-order valence-corrected chi connectivity index (χ3v) is 6.64. The second-order valence-electron chi connectivity index (χ2n) is 7.77. The highest BCUT2D eigenvalue weighted by molar-refractivity contribution is 7.99. The molecule has 0 N–H and O–H groups in total. The lowest BCUT2D eigenvalue weighted by atomic mass is 10.2. The molecule has 0 saturated heterocycles. The van der Waals surface area contributed by atoms with Crippen molar-refractivity contribution in [2.75, 3.05) is 29.6 Å². The van der Waals surface area contributed by atoms with E-state index in [1.54, 1.807) is 12.4 Å². The summed E-state index contributed by atoms with van der Waals surface area (Å²) in [5.74, 6) is 1.27. The normalized spacial score (nSPS) is 15.0. The third kappa shape index (κ3) is 3.42. The van der Waals surface area contributed by atoms with Crippen LogP contribution in [0.4, 0.5) is 11.4 Å². The van der Waals surface area contributed by atoms with Crippen LogP contribution in [0.25, 0.3) is 11.4 Å². The molecule has 1 aliphatic heterocycles. The Morgan fingerprint density at radius 1 is 1.09 bits per heavy atom. The number of aromatic nitrogens is 4. The van der Waals surface area contributed by atoms with Crippen molar-refractivity contribution in [2.45, 2.75) is 24.0 Å². The number of hydrogen-bond donors (Lipinski definition) is 0. The van der Waals surface area contributed by atoms with E-state index in [2.05, 4.69) is 25.8 Å². The molecule has 0 radical (unpaired) electrons. The van der Waals surface area contributed by atoms with Crippen molar-refractivity contribution < 1.29 is 4.79 Å². The van der Waals surface area contributed by atoms with Gasteiger partial charge in [-0.1, -0.05) is 23.9 Å². The van der Waals surface area contributed by atoms with Crippen LogP contribution in [0.15, 0.2) is 65.3 Å². The van der Waals surface area contributed by atoms with E-state index in [9.17, 15) is 10.1 Å². The number of Topliss-reactive ketones (excluding diaryl/α,β-unsaturated/α-hetero) is 1. The number of carbonyl (C=O) groups is 1. The quantitative estimate of drug-likeness (QED) is 0.324. The van der Waals surface area contributed by atoms with Crippen LogP contribution in [0, 0.1) is 11.3 Å². The molecular formula is C23H21N7OS. The van der Waals surface area contributed by atoms with Crippen LogP contribution in [-0.2, 0) is 4.79 Å². The zero-order valence-electron chi connectivity index (χ0n) is 17.8. The lowest BCUT2D eigenvalue weighted by molar-refractivity contribution is -0.112. The number of hydrogen-bond acceptors (Lipinski definition) is 8. The molecular weight excluding hydrogens is 422 g/mol. The molecule has 0 unspecified atom stereocenters.